The smallest absolute Gasteiger partial charge is 0.339 e. The number of amides is 2. The molecule has 0 fully saturated rings. The van der Waals surface area contributed by atoms with Crippen LogP contribution in [0.25, 0.3) is 0 Å². The summed E-state index contributed by atoms with van der Waals surface area (Å²) >= 11 is 0. The van der Waals surface area contributed by atoms with Gasteiger partial charge in [-0.3, -0.25) is 9.59 Å². The molecule has 0 saturated heterocycles. The van der Waals surface area contributed by atoms with E-state index in [0.717, 1.165) is 14.2 Å². The van der Waals surface area contributed by atoms with Crippen molar-refractivity contribution >= 4 is 47.1 Å². The number of nitrogens with one attached hydrogen (secondary N) is 2. The highest BCUT2D eigenvalue weighted by Crippen LogP contribution is 2.23. The van der Waals surface area contributed by atoms with Crippen molar-refractivity contribution in [3.05, 3.63) is 94.0 Å². The highest BCUT2D eigenvalue weighted by molar-refractivity contribution is 6.12. The third-order valence-corrected chi connectivity index (χ3v) is 5.58. The summed E-state index contributed by atoms with van der Waals surface area (Å²) in [5.41, 5.74) is 0.153. The quantitative estimate of drug-likeness (QED) is 0.315. The van der Waals surface area contributed by atoms with Crippen molar-refractivity contribution in [1.82, 2.24) is 0 Å². The fourth-order valence-electron chi connectivity index (χ4n) is 3.55. The zero-order valence-electron chi connectivity index (χ0n) is 21.9. The second-order valence-corrected chi connectivity index (χ2v) is 7.98. The highest BCUT2D eigenvalue weighted by atomic mass is 16.5. The molecule has 0 aromatic heterocycles. The number of benzene rings is 3. The van der Waals surface area contributed by atoms with E-state index < -0.39 is 35.7 Å². The van der Waals surface area contributed by atoms with Gasteiger partial charge in [0.2, 0.25) is 0 Å². The van der Waals surface area contributed by atoms with Crippen molar-refractivity contribution in [2.75, 3.05) is 39.1 Å². The Hall–Kier alpha value is -5.52. The summed E-state index contributed by atoms with van der Waals surface area (Å²) in [5.74, 6) is -4.29. The lowest BCUT2D eigenvalue weighted by molar-refractivity contribution is 0.0587. The number of methoxy groups -OCH3 is 4. The van der Waals surface area contributed by atoms with Crippen LogP contribution in [0.3, 0.4) is 0 Å². The molecule has 0 heterocycles. The molecule has 12 heteroatoms. The number of ether oxygens (including phenoxy) is 4. The first-order valence-corrected chi connectivity index (χ1v) is 11.5. The number of esters is 4. The Bertz CT molecular complexity index is 1400. The van der Waals surface area contributed by atoms with Crippen molar-refractivity contribution in [3.8, 4) is 0 Å². The maximum atomic E-state index is 13.1. The first-order valence-electron chi connectivity index (χ1n) is 11.5. The van der Waals surface area contributed by atoms with E-state index in [1.165, 1.54) is 74.9 Å². The van der Waals surface area contributed by atoms with E-state index in [1.807, 2.05) is 0 Å². The van der Waals surface area contributed by atoms with Gasteiger partial charge in [-0.1, -0.05) is 6.07 Å². The number of hydrogen-bond acceptors (Lipinski definition) is 10. The van der Waals surface area contributed by atoms with Crippen LogP contribution in [0.2, 0.25) is 0 Å². The van der Waals surface area contributed by atoms with Crippen molar-refractivity contribution < 1.29 is 47.7 Å². The number of anilines is 2. The standard InChI is InChI=1S/C28H24N2O10/c1-37-25(33)17-8-10-19(27(35)39-3)21(13-17)29-23(31)15-6-5-7-16(12-15)24(32)30-22-14-18(26(34)38-2)9-11-20(22)28(36)40-4/h5-14H,1-4H3,(H,29,31)(H,30,32). The largest absolute Gasteiger partial charge is 0.465 e. The minimum absolute atomic E-state index is 0.0155. The maximum Gasteiger partial charge on any atom is 0.339 e. The minimum atomic E-state index is -0.754. The monoisotopic (exact) mass is 548 g/mol. The number of rotatable bonds is 8. The Balaban J connectivity index is 1.91. The fourth-order valence-corrected chi connectivity index (χ4v) is 3.55. The van der Waals surface area contributed by atoms with E-state index in [0.29, 0.717) is 0 Å². The van der Waals surface area contributed by atoms with Gasteiger partial charge in [-0.2, -0.15) is 0 Å². The first kappa shape index (κ1) is 29.0. The lowest BCUT2D eigenvalue weighted by Crippen LogP contribution is -2.19. The summed E-state index contributed by atoms with van der Waals surface area (Å²) in [7, 11) is 4.70. The molecule has 0 aliphatic rings. The molecule has 2 amide bonds. The molecule has 0 spiro atoms. The predicted octanol–water partition coefficient (Wildman–Crippen LogP) is 3.34. The van der Waals surface area contributed by atoms with Crippen LogP contribution >= 0.6 is 0 Å². The van der Waals surface area contributed by atoms with Gasteiger partial charge in [0.1, 0.15) is 0 Å². The zero-order valence-corrected chi connectivity index (χ0v) is 21.9. The van der Waals surface area contributed by atoms with Crippen LogP contribution in [0.1, 0.15) is 62.1 Å². The topological polar surface area (TPSA) is 163 Å². The van der Waals surface area contributed by atoms with Gasteiger partial charge < -0.3 is 29.6 Å². The van der Waals surface area contributed by atoms with Crippen LogP contribution in [-0.4, -0.2) is 64.1 Å². The highest BCUT2D eigenvalue weighted by Gasteiger charge is 2.21. The molecule has 3 aromatic carbocycles. The summed E-state index contributed by atoms with van der Waals surface area (Å²) in [6.45, 7) is 0. The maximum absolute atomic E-state index is 13.1. The molecule has 12 nitrogen and oxygen atoms in total. The zero-order chi connectivity index (χ0) is 29.4. The van der Waals surface area contributed by atoms with E-state index in [4.69, 9.17) is 9.47 Å². The normalized spacial score (nSPS) is 10.1. The van der Waals surface area contributed by atoms with Crippen LogP contribution in [0.5, 0.6) is 0 Å². The van der Waals surface area contributed by atoms with Gasteiger partial charge in [0.25, 0.3) is 11.8 Å². The molecular weight excluding hydrogens is 524 g/mol. The summed E-state index contributed by atoms with van der Waals surface area (Å²) in [5, 5.41) is 5.09. The van der Waals surface area contributed by atoms with Gasteiger partial charge in [-0.15, -0.1) is 0 Å². The van der Waals surface area contributed by atoms with Crippen LogP contribution in [0.4, 0.5) is 11.4 Å². The minimum Gasteiger partial charge on any atom is -0.465 e. The average Bonchev–Trinajstić information content (AvgIpc) is 2.99. The lowest BCUT2D eigenvalue weighted by atomic mass is 10.1. The van der Waals surface area contributed by atoms with E-state index in [2.05, 4.69) is 20.1 Å². The molecule has 206 valence electrons. The molecule has 0 radical (unpaired) electrons. The second kappa shape index (κ2) is 12.8. The third kappa shape index (κ3) is 6.48. The van der Waals surface area contributed by atoms with E-state index in [-0.39, 0.29) is 44.8 Å². The van der Waals surface area contributed by atoms with Gasteiger partial charge in [-0.05, 0) is 54.6 Å². The van der Waals surface area contributed by atoms with Gasteiger partial charge in [0.15, 0.2) is 0 Å². The van der Waals surface area contributed by atoms with Gasteiger partial charge in [0.05, 0.1) is 62.1 Å². The molecule has 2 N–H and O–H groups in total. The Morgan fingerprint density at radius 1 is 0.475 bits per heavy atom. The van der Waals surface area contributed by atoms with E-state index >= 15 is 0 Å². The van der Waals surface area contributed by atoms with Gasteiger partial charge >= 0.3 is 23.9 Å². The second-order valence-electron chi connectivity index (χ2n) is 7.98. The average molecular weight is 549 g/mol. The first-order chi connectivity index (χ1) is 19.1. The molecule has 0 aliphatic heterocycles. The summed E-state index contributed by atoms with van der Waals surface area (Å²) in [6.07, 6.45) is 0. The Morgan fingerprint density at radius 3 is 1.20 bits per heavy atom. The van der Waals surface area contributed by atoms with E-state index in [1.54, 1.807) is 0 Å². The molecule has 0 bridgehead atoms. The SMILES string of the molecule is COC(=O)c1ccc(C(=O)OC)c(NC(=O)c2cccc(C(=O)Nc3cc(C(=O)OC)ccc3C(=O)OC)c2)c1. The molecule has 3 rings (SSSR count). The number of hydrogen-bond donors (Lipinski definition) is 2. The molecular formula is C28H24N2O10. The molecule has 40 heavy (non-hydrogen) atoms. The molecule has 0 unspecified atom stereocenters. The Labute approximate surface area is 228 Å². The van der Waals surface area contributed by atoms with Gasteiger partial charge in [-0.25, -0.2) is 19.2 Å². The van der Waals surface area contributed by atoms with Crippen molar-refractivity contribution in [1.29, 1.82) is 0 Å². The van der Waals surface area contributed by atoms with Crippen molar-refractivity contribution in [2.24, 2.45) is 0 Å². The third-order valence-electron chi connectivity index (χ3n) is 5.58. The van der Waals surface area contributed by atoms with Crippen LogP contribution in [-0.2, 0) is 18.9 Å². The van der Waals surface area contributed by atoms with Gasteiger partial charge in [0, 0.05) is 11.1 Å². The molecule has 3 aromatic rings. The molecule has 0 atom stereocenters. The fraction of sp³-hybridized carbons (Fsp3) is 0.143. The van der Waals surface area contributed by atoms with Crippen molar-refractivity contribution in [2.45, 2.75) is 0 Å². The summed E-state index contributed by atoms with van der Waals surface area (Å²) in [4.78, 5) is 74.4. The summed E-state index contributed by atoms with van der Waals surface area (Å²) < 4.78 is 18.9. The van der Waals surface area contributed by atoms with E-state index in [9.17, 15) is 28.8 Å². The molecule has 0 saturated carbocycles. The van der Waals surface area contributed by atoms with Crippen LogP contribution in [0.15, 0.2) is 60.7 Å². The Kier molecular flexibility index (Phi) is 9.31. The predicted molar refractivity (Wildman–Crippen MR) is 141 cm³/mol. The number of carbonyl (C=O) groups excluding carboxylic acids is 6. The lowest BCUT2D eigenvalue weighted by Gasteiger charge is -2.13. The van der Waals surface area contributed by atoms with Crippen LogP contribution in [0, 0.1) is 0 Å². The van der Waals surface area contributed by atoms with Crippen LogP contribution < -0.4 is 10.6 Å². The molecule has 0 aliphatic carbocycles. The Morgan fingerprint density at radius 2 is 0.850 bits per heavy atom. The summed E-state index contributed by atoms with van der Waals surface area (Å²) in [6, 6.07) is 13.4. The van der Waals surface area contributed by atoms with Crippen molar-refractivity contribution in [3.63, 3.8) is 0 Å². The number of carbonyl (C=O) groups is 6.